The first kappa shape index (κ1) is 13.3. The highest BCUT2D eigenvalue weighted by Gasteiger charge is 2.12. The summed E-state index contributed by atoms with van der Waals surface area (Å²) < 4.78 is 9.95. The van der Waals surface area contributed by atoms with Crippen LogP contribution in [0.3, 0.4) is 0 Å². The molecule has 0 aliphatic heterocycles. The Morgan fingerprint density at radius 2 is 2.18 bits per heavy atom. The van der Waals surface area contributed by atoms with Crippen LogP contribution in [0, 0.1) is 17.0 Å². The highest BCUT2D eigenvalue weighted by Crippen LogP contribution is 2.19. The molecule has 0 radical (unpaired) electrons. The number of ether oxygens (including phenoxy) is 2. The predicted octanol–water partition coefficient (Wildman–Crippen LogP) is 1.33. The second-order valence-electron chi connectivity index (χ2n) is 3.40. The molecule has 0 aliphatic carbocycles. The van der Waals surface area contributed by atoms with Gasteiger partial charge in [0.05, 0.1) is 17.5 Å². The number of nitrogens with zero attached hydrogens (tertiary/aromatic N) is 2. The van der Waals surface area contributed by atoms with E-state index in [9.17, 15) is 10.1 Å². The fourth-order valence-electron chi connectivity index (χ4n) is 1.26. The molecule has 1 aromatic heterocycles. The van der Waals surface area contributed by atoms with Crippen LogP contribution in [0.4, 0.5) is 11.5 Å². The van der Waals surface area contributed by atoms with Crippen molar-refractivity contribution in [3.05, 3.63) is 27.9 Å². The lowest BCUT2D eigenvalue weighted by Gasteiger charge is -2.14. The molecule has 0 aromatic carbocycles. The van der Waals surface area contributed by atoms with Crippen LogP contribution in [-0.4, -0.2) is 37.0 Å². The molecule has 1 aromatic rings. The number of methoxy groups -OCH3 is 2. The summed E-state index contributed by atoms with van der Waals surface area (Å²) >= 11 is 0. The summed E-state index contributed by atoms with van der Waals surface area (Å²) in [5.74, 6) is 0.418. The lowest BCUT2D eigenvalue weighted by atomic mass is 10.2. The molecule has 17 heavy (non-hydrogen) atoms. The number of anilines is 1. The number of nitro groups is 1. The van der Waals surface area contributed by atoms with Gasteiger partial charge in [-0.1, -0.05) is 0 Å². The number of nitrogens with one attached hydrogen (secondary N) is 1. The Hall–Kier alpha value is -1.73. The van der Waals surface area contributed by atoms with Gasteiger partial charge in [-0.2, -0.15) is 0 Å². The topological polar surface area (TPSA) is 86.5 Å². The van der Waals surface area contributed by atoms with Crippen molar-refractivity contribution in [1.29, 1.82) is 0 Å². The summed E-state index contributed by atoms with van der Waals surface area (Å²) in [5.41, 5.74) is 0.560. The number of aromatic nitrogens is 1. The van der Waals surface area contributed by atoms with E-state index in [-0.39, 0.29) is 5.69 Å². The molecule has 0 unspecified atom stereocenters. The quantitative estimate of drug-likeness (QED) is 0.459. The van der Waals surface area contributed by atoms with E-state index in [0.29, 0.717) is 17.9 Å². The van der Waals surface area contributed by atoms with Crippen LogP contribution in [-0.2, 0) is 9.47 Å². The van der Waals surface area contributed by atoms with Crippen molar-refractivity contribution in [2.45, 2.75) is 13.2 Å². The first-order chi connectivity index (χ1) is 8.08. The zero-order valence-corrected chi connectivity index (χ0v) is 9.97. The lowest BCUT2D eigenvalue weighted by Crippen LogP contribution is -2.24. The minimum Gasteiger partial charge on any atom is -0.365 e. The number of pyridine rings is 1. The largest absolute Gasteiger partial charge is 0.365 e. The van der Waals surface area contributed by atoms with Crippen molar-refractivity contribution >= 4 is 11.5 Å². The normalized spacial score (nSPS) is 10.6. The summed E-state index contributed by atoms with van der Waals surface area (Å²) in [5, 5.41) is 13.6. The molecule has 0 saturated heterocycles. The molecular weight excluding hydrogens is 226 g/mol. The average molecular weight is 241 g/mol. The SMILES string of the molecule is COC(CNc1cc([N+](=O)[O-])c(C)cn1)OC. The van der Waals surface area contributed by atoms with Crippen molar-refractivity contribution in [2.24, 2.45) is 0 Å². The van der Waals surface area contributed by atoms with E-state index in [1.165, 1.54) is 26.5 Å². The maximum absolute atomic E-state index is 10.7. The van der Waals surface area contributed by atoms with Crippen LogP contribution in [0.5, 0.6) is 0 Å². The van der Waals surface area contributed by atoms with Gasteiger partial charge in [-0.15, -0.1) is 0 Å². The van der Waals surface area contributed by atoms with Crippen LogP contribution in [0.25, 0.3) is 0 Å². The molecule has 0 fully saturated rings. The summed E-state index contributed by atoms with van der Waals surface area (Å²) in [6, 6.07) is 1.39. The van der Waals surface area contributed by atoms with Gasteiger partial charge < -0.3 is 14.8 Å². The van der Waals surface area contributed by atoms with E-state index < -0.39 is 11.2 Å². The molecule has 0 amide bonds. The Labute approximate surface area is 98.9 Å². The molecule has 0 saturated carbocycles. The zero-order chi connectivity index (χ0) is 12.8. The van der Waals surface area contributed by atoms with Crippen LogP contribution < -0.4 is 5.32 Å². The monoisotopic (exact) mass is 241 g/mol. The van der Waals surface area contributed by atoms with Gasteiger partial charge in [-0.3, -0.25) is 10.1 Å². The summed E-state index contributed by atoms with van der Waals surface area (Å²) in [4.78, 5) is 14.3. The number of rotatable bonds is 6. The van der Waals surface area contributed by atoms with E-state index in [1.54, 1.807) is 6.92 Å². The van der Waals surface area contributed by atoms with Crippen molar-refractivity contribution in [3.8, 4) is 0 Å². The van der Waals surface area contributed by atoms with Gasteiger partial charge in [-0.05, 0) is 6.92 Å². The van der Waals surface area contributed by atoms with E-state index in [1.807, 2.05) is 0 Å². The van der Waals surface area contributed by atoms with Gasteiger partial charge in [0.1, 0.15) is 5.82 Å². The number of hydrogen-bond acceptors (Lipinski definition) is 6. The molecule has 1 N–H and O–H groups in total. The second-order valence-corrected chi connectivity index (χ2v) is 3.40. The molecule has 1 rings (SSSR count). The minimum absolute atomic E-state index is 0.0360. The van der Waals surface area contributed by atoms with Crippen LogP contribution in [0.1, 0.15) is 5.56 Å². The smallest absolute Gasteiger partial charge is 0.277 e. The molecule has 0 aliphatic rings. The van der Waals surface area contributed by atoms with Gasteiger partial charge >= 0.3 is 0 Å². The molecule has 0 bridgehead atoms. The summed E-state index contributed by atoms with van der Waals surface area (Å²) in [6.45, 7) is 2.00. The predicted molar refractivity (Wildman–Crippen MR) is 61.9 cm³/mol. The fourth-order valence-corrected chi connectivity index (χ4v) is 1.26. The average Bonchev–Trinajstić information content (AvgIpc) is 2.32. The highest BCUT2D eigenvalue weighted by molar-refractivity contribution is 5.48. The van der Waals surface area contributed by atoms with Crippen molar-refractivity contribution in [2.75, 3.05) is 26.1 Å². The maximum Gasteiger partial charge on any atom is 0.277 e. The van der Waals surface area contributed by atoms with Gasteiger partial charge in [0.15, 0.2) is 6.29 Å². The van der Waals surface area contributed by atoms with E-state index >= 15 is 0 Å². The fraction of sp³-hybridized carbons (Fsp3) is 0.500. The highest BCUT2D eigenvalue weighted by atomic mass is 16.7. The molecule has 1 heterocycles. The number of aryl methyl sites for hydroxylation is 1. The first-order valence-corrected chi connectivity index (χ1v) is 4.99. The maximum atomic E-state index is 10.7. The Morgan fingerprint density at radius 1 is 1.53 bits per heavy atom. The van der Waals surface area contributed by atoms with Crippen LogP contribution in [0.2, 0.25) is 0 Å². The molecule has 0 spiro atoms. The third-order valence-corrected chi connectivity index (χ3v) is 2.25. The molecule has 94 valence electrons. The van der Waals surface area contributed by atoms with Gasteiger partial charge in [-0.25, -0.2) is 4.98 Å². The van der Waals surface area contributed by atoms with Gasteiger partial charge in [0.25, 0.3) is 5.69 Å². The number of hydrogen-bond donors (Lipinski definition) is 1. The molecular formula is C10H15N3O4. The van der Waals surface area contributed by atoms with Gasteiger partial charge in [0.2, 0.25) is 0 Å². The van der Waals surface area contributed by atoms with E-state index in [2.05, 4.69) is 10.3 Å². The second kappa shape index (κ2) is 6.12. The Bertz CT molecular complexity index is 393. The van der Waals surface area contributed by atoms with Gasteiger partial charge in [0, 0.05) is 26.0 Å². The Balaban J connectivity index is 2.72. The van der Waals surface area contributed by atoms with Crippen molar-refractivity contribution < 1.29 is 14.4 Å². The standard InChI is InChI=1S/C10H15N3O4/c1-7-5-11-9(4-8(7)13(14)15)12-6-10(16-2)17-3/h4-5,10H,6H2,1-3H3,(H,11,12). The van der Waals surface area contributed by atoms with Crippen LogP contribution >= 0.6 is 0 Å². The third-order valence-electron chi connectivity index (χ3n) is 2.25. The van der Waals surface area contributed by atoms with Crippen molar-refractivity contribution in [3.63, 3.8) is 0 Å². The van der Waals surface area contributed by atoms with Crippen molar-refractivity contribution in [1.82, 2.24) is 4.98 Å². The van der Waals surface area contributed by atoms with E-state index in [0.717, 1.165) is 0 Å². The summed E-state index contributed by atoms with van der Waals surface area (Å²) in [6.07, 6.45) is 1.03. The third kappa shape index (κ3) is 3.65. The Morgan fingerprint density at radius 3 is 2.71 bits per heavy atom. The molecule has 7 nitrogen and oxygen atoms in total. The minimum atomic E-state index is -0.438. The van der Waals surface area contributed by atoms with E-state index in [4.69, 9.17) is 9.47 Å². The van der Waals surface area contributed by atoms with Crippen LogP contribution in [0.15, 0.2) is 12.3 Å². The molecule has 0 atom stereocenters. The lowest BCUT2D eigenvalue weighted by molar-refractivity contribution is -0.385. The first-order valence-electron chi connectivity index (χ1n) is 4.99. The summed E-state index contributed by atoms with van der Waals surface area (Å²) in [7, 11) is 3.03. The molecule has 7 heteroatoms. The Kier molecular flexibility index (Phi) is 4.80. The zero-order valence-electron chi connectivity index (χ0n) is 9.97.